The largest absolute Gasteiger partial charge is 0.478 e. The average molecular weight is 324 g/mol. The van der Waals surface area contributed by atoms with Gasteiger partial charge in [0.1, 0.15) is 0 Å². The third-order valence-electron chi connectivity index (χ3n) is 3.73. The second-order valence-corrected chi connectivity index (χ2v) is 5.68. The first kappa shape index (κ1) is 15.7. The van der Waals surface area contributed by atoms with Gasteiger partial charge in [0.2, 0.25) is 5.91 Å². The topological polar surface area (TPSA) is 95.5 Å². The summed E-state index contributed by atoms with van der Waals surface area (Å²) in [6.07, 6.45) is 1.86. The fourth-order valence-corrected chi connectivity index (χ4v) is 2.23. The molecule has 24 heavy (non-hydrogen) atoms. The summed E-state index contributed by atoms with van der Waals surface area (Å²) in [5, 5.41) is 14.4. The molecule has 0 atom stereocenters. The van der Waals surface area contributed by atoms with Crippen molar-refractivity contribution in [2.75, 3.05) is 10.6 Å². The summed E-state index contributed by atoms with van der Waals surface area (Å²) in [5.41, 5.74) is 1.58. The Balaban J connectivity index is 1.65. The SMILES string of the molecule is O=C(O)c1cccc(NC(=O)c2ccc(NC(=O)C3CC3)cc2)c1. The highest BCUT2D eigenvalue weighted by atomic mass is 16.4. The van der Waals surface area contributed by atoms with Crippen LogP contribution in [0.2, 0.25) is 0 Å². The highest BCUT2D eigenvalue weighted by molar-refractivity contribution is 6.05. The lowest BCUT2D eigenvalue weighted by Gasteiger charge is -2.08. The number of carboxylic acid groups (broad SMARTS) is 1. The minimum atomic E-state index is -1.05. The fourth-order valence-electron chi connectivity index (χ4n) is 2.23. The van der Waals surface area contributed by atoms with E-state index in [1.165, 1.54) is 12.1 Å². The molecule has 6 nitrogen and oxygen atoms in total. The van der Waals surface area contributed by atoms with Crippen LogP contribution in [0.1, 0.15) is 33.6 Å². The van der Waals surface area contributed by atoms with Gasteiger partial charge in [-0.1, -0.05) is 6.07 Å². The van der Waals surface area contributed by atoms with Crippen LogP contribution in [0.4, 0.5) is 11.4 Å². The van der Waals surface area contributed by atoms with Gasteiger partial charge in [-0.2, -0.15) is 0 Å². The molecule has 3 N–H and O–H groups in total. The van der Waals surface area contributed by atoms with E-state index in [2.05, 4.69) is 10.6 Å². The van der Waals surface area contributed by atoms with Gasteiger partial charge in [0.15, 0.2) is 0 Å². The molecule has 0 bridgehead atoms. The quantitative estimate of drug-likeness (QED) is 0.788. The predicted molar refractivity (Wildman–Crippen MR) is 89.2 cm³/mol. The zero-order valence-corrected chi connectivity index (χ0v) is 12.8. The standard InChI is InChI=1S/C18H16N2O4/c21-16(11-4-5-11)19-14-8-6-12(7-9-14)17(22)20-15-3-1-2-13(10-15)18(23)24/h1-3,6-11H,4-5H2,(H,19,21)(H,20,22)(H,23,24). The molecule has 3 rings (SSSR count). The van der Waals surface area contributed by atoms with Gasteiger partial charge in [-0.05, 0) is 55.3 Å². The van der Waals surface area contributed by atoms with Crippen molar-refractivity contribution >= 4 is 29.2 Å². The maximum atomic E-state index is 12.2. The summed E-state index contributed by atoms with van der Waals surface area (Å²) in [6, 6.07) is 12.6. The second kappa shape index (κ2) is 6.54. The number of nitrogens with one attached hydrogen (secondary N) is 2. The highest BCUT2D eigenvalue weighted by Crippen LogP contribution is 2.30. The molecule has 1 fully saturated rings. The monoisotopic (exact) mass is 324 g/mol. The molecular formula is C18H16N2O4. The summed E-state index contributed by atoms with van der Waals surface area (Å²) in [6.45, 7) is 0. The van der Waals surface area contributed by atoms with Crippen molar-refractivity contribution in [3.05, 3.63) is 59.7 Å². The van der Waals surface area contributed by atoms with Crippen molar-refractivity contribution in [3.8, 4) is 0 Å². The normalized spacial score (nSPS) is 13.2. The van der Waals surface area contributed by atoms with E-state index < -0.39 is 5.97 Å². The molecule has 1 aliphatic rings. The third-order valence-corrected chi connectivity index (χ3v) is 3.73. The number of carbonyl (C=O) groups excluding carboxylic acids is 2. The lowest BCUT2D eigenvalue weighted by Crippen LogP contribution is -2.14. The van der Waals surface area contributed by atoms with Crippen LogP contribution in [-0.4, -0.2) is 22.9 Å². The predicted octanol–water partition coefficient (Wildman–Crippen LogP) is 2.99. The van der Waals surface area contributed by atoms with Gasteiger partial charge in [-0.15, -0.1) is 0 Å². The van der Waals surface area contributed by atoms with Gasteiger partial charge in [0.25, 0.3) is 5.91 Å². The smallest absolute Gasteiger partial charge is 0.335 e. The molecule has 1 saturated carbocycles. The molecule has 122 valence electrons. The van der Waals surface area contributed by atoms with Gasteiger partial charge in [-0.25, -0.2) is 4.79 Å². The van der Waals surface area contributed by atoms with Crippen LogP contribution in [0.3, 0.4) is 0 Å². The summed E-state index contributed by atoms with van der Waals surface area (Å²) in [4.78, 5) is 34.8. The van der Waals surface area contributed by atoms with Crippen molar-refractivity contribution < 1.29 is 19.5 Å². The zero-order chi connectivity index (χ0) is 17.1. The Kier molecular flexibility index (Phi) is 4.29. The molecule has 2 aromatic carbocycles. The van der Waals surface area contributed by atoms with E-state index in [9.17, 15) is 14.4 Å². The number of benzene rings is 2. The summed E-state index contributed by atoms with van der Waals surface area (Å²) in [7, 11) is 0. The first-order chi connectivity index (χ1) is 11.5. The molecule has 0 saturated heterocycles. The van der Waals surface area contributed by atoms with Crippen molar-refractivity contribution in [2.24, 2.45) is 5.92 Å². The van der Waals surface area contributed by atoms with Crippen molar-refractivity contribution in [3.63, 3.8) is 0 Å². The Bertz CT molecular complexity index is 795. The zero-order valence-electron chi connectivity index (χ0n) is 12.8. The van der Waals surface area contributed by atoms with Crippen LogP contribution in [0.5, 0.6) is 0 Å². The molecule has 6 heteroatoms. The third kappa shape index (κ3) is 3.78. The lowest BCUT2D eigenvalue weighted by atomic mass is 10.1. The van der Waals surface area contributed by atoms with Crippen LogP contribution in [0, 0.1) is 5.92 Å². The van der Waals surface area contributed by atoms with Crippen molar-refractivity contribution in [1.29, 1.82) is 0 Å². The van der Waals surface area contributed by atoms with E-state index in [1.807, 2.05) is 0 Å². The van der Waals surface area contributed by atoms with Crippen LogP contribution in [0.15, 0.2) is 48.5 Å². The minimum Gasteiger partial charge on any atom is -0.478 e. The van der Waals surface area contributed by atoms with E-state index >= 15 is 0 Å². The van der Waals surface area contributed by atoms with Gasteiger partial charge in [0.05, 0.1) is 5.56 Å². The number of hydrogen-bond donors (Lipinski definition) is 3. The van der Waals surface area contributed by atoms with Gasteiger partial charge in [0, 0.05) is 22.9 Å². The first-order valence-corrected chi connectivity index (χ1v) is 7.58. The van der Waals surface area contributed by atoms with Gasteiger partial charge in [-0.3, -0.25) is 9.59 Å². The molecule has 2 amide bonds. The molecule has 1 aliphatic carbocycles. The molecule has 0 heterocycles. The summed E-state index contributed by atoms with van der Waals surface area (Å²) >= 11 is 0. The van der Waals surface area contributed by atoms with Crippen molar-refractivity contribution in [1.82, 2.24) is 0 Å². The minimum absolute atomic E-state index is 0.0117. The van der Waals surface area contributed by atoms with Crippen LogP contribution < -0.4 is 10.6 Å². The van der Waals surface area contributed by atoms with Crippen LogP contribution >= 0.6 is 0 Å². The Hall–Kier alpha value is -3.15. The number of amides is 2. The average Bonchev–Trinajstić information content (AvgIpc) is 3.40. The van der Waals surface area contributed by atoms with Gasteiger partial charge >= 0.3 is 5.97 Å². The first-order valence-electron chi connectivity index (χ1n) is 7.58. The van der Waals surface area contributed by atoms with E-state index in [0.29, 0.717) is 16.9 Å². The van der Waals surface area contributed by atoms with E-state index in [0.717, 1.165) is 12.8 Å². The van der Waals surface area contributed by atoms with E-state index in [-0.39, 0.29) is 23.3 Å². The molecule has 0 unspecified atom stereocenters. The molecule has 0 aliphatic heterocycles. The molecule has 2 aromatic rings. The Morgan fingerprint density at radius 1 is 0.875 bits per heavy atom. The maximum absolute atomic E-state index is 12.2. The Morgan fingerprint density at radius 2 is 1.58 bits per heavy atom. The molecular weight excluding hydrogens is 308 g/mol. The number of anilines is 2. The van der Waals surface area contributed by atoms with E-state index in [4.69, 9.17) is 5.11 Å². The van der Waals surface area contributed by atoms with Crippen LogP contribution in [0.25, 0.3) is 0 Å². The number of rotatable bonds is 5. The Morgan fingerprint density at radius 3 is 2.21 bits per heavy atom. The van der Waals surface area contributed by atoms with E-state index in [1.54, 1.807) is 36.4 Å². The molecule has 0 spiro atoms. The van der Waals surface area contributed by atoms with Gasteiger partial charge < -0.3 is 15.7 Å². The maximum Gasteiger partial charge on any atom is 0.335 e. The fraction of sp³-hybridized carbons (Fsp3) is 0.167. The summed E-state index contributed by atoms with van der Waals surface area (Å²) < 4.78 is 0. The summed E-state index contributed by atoms with van der Waals surface area (Å²) in [5.74, 6) is -1.27. The highest BCUT2D eigenvalue weighted by Gasteiger charge is 2.29. The number of hydrogen-bond acceptors (Lipinski definition) is 3. The Labute approximate surface area is 138 Å². The lowest BCUT2D eigenvalue weighted by molar-refractivity contribution is -0.117. The number of carbonyl (C=O) groups is 3. The molecule has 0 radical (unpaired) electrons. The van der Waals surface area contributed by atoms with Crippen LogP contribution in [-0.2, 0) is 4.79 Å². The number of aromatic carboxylic acids is 1. The second-order valence-electron chi connectivity index (χ2n) is 5.68. The molecule has 0 aromatic heterocycles. The van der Waals surface area contributed by atoms with Crippen molar-refractivity contribution in [2.45, 2.75) is 12.8 Å². The number of carboxylic acids is 1.